The third kappa shape index (κ3) is 5.54. The van der Waals surface area contributed by atoms with Crippen LogP contribution in [0, 0.1) is 30.0 Å². The van der Waals surface area contributed by atoms with Gasteiger partial charge in [-0.2, -0.15) is 5.26 Å². The molecule has 1 aromatic carbocycles. The average Bonchev–Trinajstić information content (AvgIpc) is 3.02. The predicted octanol–water partition coefficient (Wildman–Crippen LogP) is 7.03. The van der Waals surface area contributed by atoms with Gasteiger partial charge in [0.25, 0.3) is 5.56 Å². The number of aromatic hydroxyl groups is 1. The molecule has 2 aliphatic heterocycles. The van der Waals surface area contributed by atoms with Crippen LogP contribution in [0.4, 0.5) is 10.1 Å². The summed E-state index contributed by atoms with van der Waals surface area (Å²) in [6.07, 6.45) is 4.91. The topological polar surface area (TPSA) is 114 Å². The molecule has 2 aliphatic rings. The van der Waals surface area contributed by atoms with E-state index in [1.165, 1.54) is 17.6 Å². The van der Waals surface area contributed by atoms with Crippen molar-refractivity contribution in [1.29, 1.82) is 5.26 Å². The number of anilines is 1. The highest BCUT2D eigenvalue weighted by Gasteiger charge is 2.36. The number of phenolic OH excluding ortho intramolecular Hbond substituents is 1. The van der Waals surface area contributed by atoms with Crippen LogP contribution in [0.1, 0.15) is 45.7 Å². The number of nitrogens with zero attached hydrogens (tertiary/aromatic N) is 5. The molecule has 1 amide bonds. The molecule has 0 saturated carbocycles. The second-order valence-electron chi connectivity index (χ2n) is 12.3. The fourth-order valence-corrected chi connectivity index (χ4v) is 7.38. The van der Waals surface area contributed by atoms with Gasteiger partial charge < -0.3 is 20.2 Å². The molecule has 0 bridgehead atoms. The molecule has 0 unspecified atom stereocenters. The first-order valence-electron chi connectivity index (χ1n) is 15.0. The Kier molecular flexibility index (Phi) is 9.39. The Morgan fingerprint density at radius 3 is 2.43 bits per heavy atom. The normalized spacial score (nSPS) is 19.7. The fraction of sp³-hybridized carbons (Fsp3) is 0.353. The smallest absolute Gasteiger partial charge is 0.276 e. The number of amides is 1. The number of rotatable bonds is 5. The Labute approximate surface area is 287 Å². The number of benzene rings is 1. The van der Waals surface area contributed by atoms with Crippen LogP contribution in [0.3, 0.4) is 0 Å². The van der Waals surface area contributed by atoms with E-state index in [9.17, 15) is 24.3 Å². The van der Waals surface area contributed by atoms with Crippen molar-refractivity contribution < 1.29 is 14.3 Å². The monoisotopic (exact) mass is 698 g/mol. The second kappa shape index (κ2) is 12.9. The second-order valence-corrected chi connectivity index (χ2v) is 13.5. The lowest BCUT2D eigenvalue weighted by Crippen LogP contribution is -2.58. The third-order valence-corrected chi connectivity index (χ3v) is 9.92. The molecule has 3 aromatic rings. The van der Waals surface area contributed by atoms with Gasteiger partial charge in [-0.05, 0) is 69.2 Å². The number of carbonyl (C=O) groups is 1. The quantitative estimate of drug-likeness (QED) is 0.217. The molecule has 0 spiro atoms. The zero-order chi connectivity index (χ0) is 34.6. The standard InChI is InChI=1S/C34H34Cl3FN6O3/c1-8-23(45)43-17(5)13-42(14-18(43)6)31-20-11-22(35)29(24-19(7)25(36)27(38)26(37)32(24)46)41-33(20)44(34(47)21(31)12-39)30-16(4)9-10-40-28(30)15(2)3/h8-11,15,17-18,28,40,46H,1,13-14H2,2-7H3/t17-,18+,28-/m1/s1. The van der Waals surface area contributed by atoms with E-state index in [1.807, 2.05) is 51.8 Å². The van der Waals surface area contributed by atoms with Gasteiger partial charge in [-0.1, -0.05) is 55.2 Å². The fourth-order valence-electron chi connectivity index (χ4n) is 6.70. The molecular weight excluding hydrogens is 666 g/mol. The lowest BCUT2D eigenvalue weighted by Gasteiger charge is -2.45. The summed E-state index contributed by atoms with van der Waals surface area (Å²) in [5, 5.41) is 24.5. The van der Waals surface area contributed by atoms with Crippen LogP contribution in [0.2, 0.25) is 15.1 Å². The molecule has 2 N–H and O–H groups in total. The Balaban J connectivity index is 1.92. The van der Waals surface area contributed by atoms with Crippen LogP contribution >= 0.6 is 34.8 Å². The van der Waals surface area contributed by atoms with Gasteiger partial charge >= 0.3 is 0 Å². The number of nitrogens with one attached hydrogen (secondary N) is 1. The molecular formula is C34H34Cl3FN6O3. The summed E-state index contributed by atoms with van der Waals surface area (Å²) in [5.74, 6) is -1.79. The summed E-state index contributed by atoms with van der Waals surface area (Å²) in [5.41, 5.74) is 1.28. The summed E-state index contributed by atoms with van der Waals surface area (Å²) in [6, 6.07) is 2.82. The first-order chi connectivity index (χ1) is 22.2. The summed E-state index contributed by atoms with van der Waals surface area (Å²) in [6.45, 7) is 15.4. The zero-order valence-electron chi connectivity index (χ0n) is 26.8. The molecule has 4 heterocycles. The van der Waals surface area contributed by atoms with Crippen molar-refractivity contribution in [1.82, 2.24) is 19.8 Å². The molecule has 0 radical (unpaired) electrons. The summed E-state index contributed by atoms with van der Waals surface area (Å²) in [7, 11) is 0. The zero-order valence-corrected chi connectivity index (χ0v) is 29.0. The van der Waals surface area contributed by atoms with E-state index in [1.54, 1.807) is 11.0 Å². The highest BCUT2D eigenvalue weighted by atomic mass is 35.5. The molecule has 3 atom stereocenters. The van der Waals surface area contributed by atoms with Crippen LogP contribution in [-0.2, 0) is 4.79 Å². The number of carbonyl (C=O) groups excluding carboxylic acids is 1. The highest BCUT2D eigenvalue weighted by molar-refractivity contribution is 6.38. The van der Waals surface area contributed by atoms with Gasteiger partial charge in [-0.3, -0.25) is 14.2 Å². The van der Waals surface area contributed by atoms with Gasteiger partial charge in [-0.25, -0.2) is 9.37 Å². The lowest BCUT2D eigenvalue weighted by atomic mass is 9.94. The van der Waals surface area contributed by atoms with Gasteiger partial charge in [0.05, 0.1) is 33.2 Å². The molecule has 9 nitrogen and oxygen atoms in total. The number of halogens is 4. The van der Waals surface area contributed by atoms with Gasteiger partial charge in [0, 0.05) is 36.1 Å². The molecule has 246 valence electrons. The lowest BCUT2D eigenvalue weighted by molar-refractivity contribution is -0.130. The van der Waals surface area contributed by atoms with E-state index < -0.39 is 22.1 Å². The maximum absolute atomic E-state index is 14.7. The summed E-state index contributed by atoms with van der Waals surface area (Å²) in [4.78, 5) is 35.8. The van der Waals surface area contributed by atoms with Crippen molar-refractivity contribution in [3.63, 3.8) is 0 Å². The number of nitriles is 1. The number of allylic oxidation sites excluding steroid dienone is 2. The molecule has 1 saturated heterocycles. The van der Waals surface area contributed by atoms with Crippen molar-refractivity contribution >= 4 is 63.1 Å². The molecule has 2 aromatic heterocycles. The van der Waals surface area contributed by atoms with Crippen molar-refractivity contribution in [2.45, 2.75) is 59.7 Å². The number of hydrogen-bond acceptors (Lipinski definition) is 7. The Morgan fingerprint density at radius 1 is 1.21 bits per heavy atom. The van der Waals surface area contributed by atoms with Gasteiger partial charge in [0.1, 0.15) is 28.1 Å². The summed E-state index contributed by atoms with van der Waals surface area (Å²) >= 11 is 19.3. The SMILES string of the molecule is C=CC(=O)N1[C@H](C)CN(c2c(C#N)c(=O)n(C3=C(C)C=CN[C@@H]3C(C)C)c3nc(-c4c(C)c(Cl)c(F)c(Cl)c4O)c(Cl)cc23)C[C@@H]1C. The number of dihydropyridines is 1. The third-order valence-electron chi connectivity index (χ3n) is 8.84. The van der Waals surface area contributed by atoms with E-state index in [0.717, 1.165) is 5.57 Å². The van der Waals surface area contributed by atoms with Crippen LogP contribution in [-0.4, -0.2) is 56.7 Å². The summed E-state index contributed by atoms with van der Waals surface area (Å²) < 4.78 is 16.1. The number of piperazine rings is 1. The van der Waals surface area contributed by atoms with Gasteiger partial charge in [0.2, 0.25) is 5.91 Å². The number of pyridine rings is 2. The number of fused-ring (bicyclic) bond motifs is 1. The molecule has 1 fully saturated rings. The maximum Gasteiger partial charge on any atom is 0.276 e. The van der Waals surface area contributed by atoms with E-state index in [-0.39, 0.29) is 68.0 Å². The van der Waals surface area contributed by atoms with Gasteiger partial charge in [0.15, 0.2) is 5.82 Å². The van der Waals surface area contributed by atoms with E-state index in [4.69, 9.17) is 39.8 Å². The van der Waals surface area contributed by atoms with Crippen LogP contribution in [0.15, 0.2) is 41.4 Å². The van der Waals surface area contributed by atoms with Gasteiger partial charge in [-0.15, -0.1) is 0 Å². The minimum atomic E-state index is -0.986. The van der Waals surface area contributed by atoms with Crippen molar-refractivity contribution in [2.75, 3.05) is 18.0 Å². The molecule has 47 heavy (non-hydrogen) atoms. The predicted molar refractivity (Wildman–Crippen MR) is 186 cm³/mol. The number of phenols is 1. The van der Waals surface area contributed by atoms with Crippen molar-refractivity contribution in [3.8, 4) is 23.1 Å². The van der Waals surface area contributed by atoms with E-state index in [2.05, 4.69) is 18.0 Å². The first kappa shape index (κ1) is 34.3. The van der Waals surface area contributed by atoms with Crippen LogP contribution in [0.5, 0.6) is 5.75 Å². The maximum atomic E-state index is 14.7. The number of hydrogen-bond donors (Lipinski definition) is 2. The molecule has 5 rings (SSSR count). The first-order valence-corrected chi connectivity index (χ1v) is 16.2. The van der Waals surface area contributed by atoms with Crippen LogP contribution < -0.4 is 15.8 Å². The Morgan fingerprint density at radius 2 is 1.85 bits per heavy atom. The van der Waals surface area contributed by atoms with Crippen molar-refractivity contribution in [3.05, 3.63) is 78.9 Å². The highest BCUT2D eigenvalue weighted by Crippen LogP contribution is 2.46. The minimum absolute atomic E-state index is 0.00443. The molecule has 0 aliphatic carbocycles. The minimum Gasteiger partial charge on any atom is -0.506 e. The van der Waals surface area contributed by atoms with E-state index in [0.29, 0.717) is 29.9 Å². The Hall–Kier alpha value is -4.04. The van der Waals surface area contributed by atoms with Crippen LogP contribution in [0.25, 0.3) is 28.0 Å². The van der Waals surface area contributed by atoms with E-state index >= 15 is 0 Å². The largest absolute Gasteiger partial charge is 0.506 e. The van der Waals surface area contributed by atoms with Crippen molar-refractivity contribution in [2.24, 2.45) is 5.92 Å². The number of aromatic nitrogens is 2. The molecule has 13 heteroatoms. The average molecular weight is 700 g/mol. The Bertz CT molecular complexity index is 1970.